The van der Waals surface area contributed by atoms with Crippen LogP contribution in [0.25, 0.3) is 23.4 Å². The van der Waals surface area contributed by atoms with Crippen LogP contribution in [0.2, 0.25) is 0 Å². The van der Waals surface area contributed by atoms with Crippen molar-refractivity contribution >= 4 is 35.0 Å². The minimum absolute atomic E-state index is 0.0971. The summed E-state index contributed by atoms with van der Waals surface area (Å²) in [5.41, 5.74) is 1.23. The van der Waals surface area contributed by atoms with E-state index in [-0.39, 0.29) is 11.1 Å². The molecule has 0 aliphatic carbocycles. The van der Waals surface area contributed by atoms with Crippen LogP contribution >= 0.6 is 11.3 Å². The summed E-state index contributed by atoms with van der Waals surface area (Å²) in [4.78, 5) is 25.2. The van der Waals surface area contributed by atoms with Gasteiger partial charge in [0.25, 0.3) is 11.5 Å². The molecular formula is C22H17N3O2S. The summed E-state index contributed by atoms with van der Waals surface area (Å²) >= 11 is 1.12. The van der Waals surface area contributed by atoms with Crippen LogP contribution in [0.1, 0.15) is 5.56 Å². The Morgan fingerprint density at radius 2 is 1.75 bits per heavy atom. The number of aromatic nitrogens is 1. The van der Waals surface area contributed by atoms with Gasteiger partial charge in [-0.05, 0) is 23.8 Å². The molecule has 138 valence electrons. The maximum atomic E-state index is 13.0. The summed E-state index contributed by atoms with van der Waals surface area (Å²) in [6, 6.07) is 20.6. The van der Waals surface area contributed by atoms with Crippen LogP contribution in [0.5, 0.6) is 0 Å². The fourth-order valence-electron chi connectivity index (χ4n) is 2.61. The van der Waals surface area contributed by atoms with Crippen LogP contribution in [0.3, 0.4) is 0 Å². The molecule has 0 aliphatic heterocycles. The highest BCUT2D eigenvalue weighted by atomic mass is 32.1. The van der Waals surface area contributed by atoms with E-state index in [1.54, 1.807) is 36.4 Å². The molecule has 3 aromatic rings. The van der Waals surface area contributed by atoms with Crippen LogP contribution in [-0.2, 0) is 4.79 Å². The van der Waals surface area contributed by atoms with E-state index < -0.39 is 5.91 Å². The number of nitriles is 1. The molecule has 1 aromatic heterocycles. The second-order valence-corrected chi connectivity index (χ2v) is 6.78. The van der Waals surface area contributed by atoms with E-state index in [4.69, 9.17) is 0 Å². The first-order chi connectivity index (χ1) is 13.7. The molecule has 5 nitrogen and oxygen atoms in total. The van der Waals surface area contributed by atoms with E-state index in [1.165, 1.54) is 11.6 Å². The van der Waals surface area contributed by atoms with Gasteiger partial charge in [0.05, 0.1) is 10.2 Å². The molecule has 0 saturated carbocycles. The SMILES string of the molecule is CNC(=O)/C(C#N)=c1/s/c(=C/C=C/c2ccccc2)c(=O)n1-c1ccccc1. The molecule has 0 atom stereocenters. The van der Waals surface area contributed by atoms with E-state index in [0.29, 0.717) is 14.9 Å². The minimum atomic E-state index is -0.528. The monoisotopic (exact) mass is 387 g/mol. The van der Waals surface area contributed by atoms with E-state index in [1.807, 2.05) is 48.5 Å². The summed E-state index contributed by atoms with van der Waals surface area (Å²) in [5.74, 6) is -0.528. The Balaban J connectivity index is 2.25. The van der Waals surface area contributed by atoms with Crippen LogP contribution in [0, 0.1) is 11.3 Å². The van der Waals surface area contributed by atoms with Gasteiger partial charge >= 0.3 is 0 Å². The van der Waals surface area contributed by atoms with Crippen LogP contribution in [0.4, 0.5) is 0 Å². The number of nitrogens with one attached hydrogen (secondary N) is 1. The predicted octanol–water partition coefficient (Wildman–Crippen LogP) is 1.81. The van der Waals surface area contributed by atoms with Gasteiger partial charge in [0.15, 0.2) is 5.57 Å². The number of nitrogens with zero attached hydrogens (tertiary/aromatic N) is 2. The summed E-state index contributed by atoms with van der Waals surface area (Å²) in [7, 11) is 1.45. The summed E-state index contributed by atoms with van der Waals surface area (Å²) < 4.78 is 2.14. The van der Waals surface area contributed by atoms with Crippen molar-refractivity contribution in [3.8, 4) is 11.8 Å². The molecule has 0 fully saturated rings. The number of allylic oxidation sites excluding steroid dienone is 1. The van der Waals surface area contributed by atoms with Gasteiger partial charge in [0.2, 0.25) is 0 Å². The number of para-hydroxylation sites is 1. The molecule has 1 heterocycles. The number of hydrogen-bond acceptors (Lipinski definition) is 4. The van der Waals surface area contributed by atoms with E-state index in [0.717, 1.165) is 16.9 Å². The number of benzene rings is 2. The minimum Gasteiger partial charge on any atom is -0.354 e. The zero-order chi connectivity index (χ0) is 19.9. The zero-order valence-electron chi connectivity index (χ0n) is 15.1. The maximum absolute atomic E-state index is 13.0. The summed E-state index contributed by atoms with van der Waals surface area (Å²) in [5, 5.41) is 12.0. The second-order valence-electron chi connectivity index (χ2n) is 5.75. The van der Waals surface area contributed by atoms with Crippen molar-refractivity contribution in [1.82, 2.24) is 9.88 Å². The van der Waals surface area contributed by atoms with Crippen LogP contribution < -0.4 is 20.1 Å². The van der Waals surface area contributed by atoms with Gasteiger partial charge in [-0.2, -0.15) is 5.26 Å². The van der Waals surface area contributed by atoms with Gasteiger partial charge < -0.3 is 5.32 Å². The molecule has 0 spiro atoms. The molecule has 6 heteroatoms. The van der Waals surface area contributed by atoms with Crippen molar-refractivity contribution < 1.29 is 4.79 Å². The average Bonchev–Trinajstić information content (AvgIpc) is 3.06. The molecule has 2 aromatic carbocycles. The summed E-state index contributed by atoms with van der Waals surface area (Å²) in [6.07, 6.45) is 5.37. The standard InChI is InChI=1S/C22H17N3O2S/c1-24-20(26)18(15-23)22-25(17-12-6-3-7-13-17)21(27)19(28-22)14-8-11-16-9-4-2-5-10-16/h2-14H,1H3,(H,24,26)/b11-8+,19-14+,22-18+. The highest BCUT2D eigenvalue weighted by Crippen LogP contribution is 2.04. The third-order valence-electron chi connectivity index (χ3n) is 3.95. The van der Waals surface area contributed by atoms with Gasteiger partial charge in [-0.25, -0.2) is 0 Å². The van der Waals surface area contributed by atoms with Gasteiger partial charge in [0.1, 0.15) is 10.7 Å². The molecule has 28 heavy (non-hydrogen) atoms. The van der Waals surface area contributed by atoms with E-state index >= 15 is 0 Å². The Morgan fingerprint density at radius 1 is 1.11 bits per heavy atom. The van der Waals surface area contributed by atoms with Crippen molar-refractivity contribution in [2.24, 2.45) is 0 Å². The second kappa shape index (κ2) is 8.80. The van der Waals surface area contributed by atoms with Gasteiger partial charge in [0, 0.05) is 7.05 Å². The molecule has 0 unspecified atom stereocenters. The molecule has 1 amide bonds. The molecule has 0 saturated heterocycles. The Morgan fingerprint density at radius 3 is 2.36 bits per heavy atom. The lowest BCUT2D eigenvalue weighted by Gasteiger charge is -2.02. The van der Waals surface area contributed by atoms with Crippen LogP contribution in [-0.4, -0.2) is 17.5 Å². The zero-order valence-corrected chi connectivity index (χ0v) is 15.9. The highest BCUT2D eigenvalue weighted by Gasteiger charge is 2.15. The Kier molecular flexibility index (Phi) is 6.00. The first kappa shape index (κ1) is 19.1. The first-order valence-electron chi connectivity index (χ1n) is 8.53. The third-order valence-corrected chi connectivity index (χ3v) is 5.06. The molecule has 0 aliphatic rings. The fourth-order valence-corrected chi connectivity index (χ4v) is 3.66. The number of carbonyl (C=O) groups is 1. The molecule has 1 N–H and O–H groups in total. The Labute approximate surface area is 165 Å². The lowest BCUT2D eigenvalue weighted by molar-refractivity contribution is -0.115. The summed E-state index contributed by atoms with van der Waals surface area (Å²) in [6.45, 7) is 0. The van der Waals surface area contributed by atoms with Crippen molar-refractivity contribution in [2.45, 2.75) is 0 Å². The molecule has 0 bridgehead atoms. The maximum Gasteiger partial charge on any atom is 0.273 e. The van der Waals surface area contributed by atoms with E-state index in [9.17, 15) is 14.9 Å². The van der Waals surface area contributed by atoms with Gasteiger partial charge in [-0.1, -0.05) is 60.7 Å². The number of rotatable bonds is 4. The number of amides is 1. The molecule has 3 rings (SSSR count). The molecular weight excluding hydrogens is 370 g/mol. The average molecular weight is 387 g/mol. The highest BCUT2D eigenvalue weighted by molar-refractivity contribution is 7.07. The Hall–Kier alpha value is -3.69. The van der Waals surface area contributed by atoms with Gasteiger partial charge in [-0.3, -0.25) is 14.2 Å². The lowest BCUT2D eigenvalue weighted by atomic mass is 10.2. The third kappa shape index (κ3) is 4.00. The van der Waals surface area contributed by atoms with Crippen molar-refractivity contribution in [1.29, 1.82) is 5.26 Å². The normalized spacial score (nSPS) is 12.6. The van der Waals surface area contributed by atoms with Crippen LogP contribution in [0.15, 0.2) is 71.5 Å². The number of carbonyl (C=O) groups excluding carboxylic acids is 1. The Bertz CT molecular complexity index is 1230. The first-order valence-corrected chi connectivity index (χ1v) is 9.34. The van der Waals surface area contributed by atoms with Crippen molar-refractivity contribution in [2.75, 3.05) is 7.05 Å². The topological polar surface area (TPSA) is 74.9 Å². The smallest absolute Gasteiger partial charge is 0.273 e. The molecule has 0 radical (unpaired) electrons. The quantitative estimate of drug-likeness (QED) is 0.742. The number of hydrogen-bond donors (Lipinski definition) is 1. The van der Waals surface area contributed by atoms with Crippen molar-refractivity contribution in [3.63, 3.8) is 0 Å². The van der Waals surface area contributed by atoms with E-state index in [2.05, 4.69) is 5.32 Å². The fraction of sp³-hybridized carbons (Fsp3) is 0.0455. The van der Waals surface area contributed by atoms with Gasteiger partial charge in [-0.15, -0.1) is 11.3 Å². The van der Waals surface area contributed by atoms with Crippen molar-refractivity contribution in [3.05, 3.63) is 91.9 Å². The number of thiazole rings is 1. The largest absolute Gasteiger partial charge is 0.354 e. The lowest BCUT2D eigenvalue weighted by Crippen LogP contribution is -2.32. The predicted molar refractivity (Wildman–Crippen MR) is 112 cm³/mol.